The van der Waals surface area contributed by atoms with E-state index in [9.17, 15) is 0 Å². The predicted molar refractivity (Wildman–Crippen MR) is 86.5 cm³/mol. The van der Waals surface area contributed by atoms with Crippen molar-refractivity contribution in [2.45, 2.75) is 47.1 Å². The molecule has 0 spiro atoms. The van der Waals surface area contributed by atoms with Crippen molar-refractivity contribution >= 4 is 0 Å². The molecule has 0 aromatic rings. The lowest BCUT2D eigenvalue weighted by molar-refractivity contribution is 0.0608. The van der Waals surface area contributed by atoms with E-state index in [0.29, 0.717) is 32.5 Å². The summed E-state index contributed by atoms with van der Waals surface area (Å²) >= 11 is 0. The van der Waals surface area contributed by atoms with Crippen LogP contribution in [0.4, 0.5) is 0 Å². The summed E-state index contributed by atoms with van der Waals surface area (Å²) in [6.07, 6.45) is 0.862. The van der Waals surface area contributed by atoms with Gasteiger partial charge in [-0.25, -0.2) is 0 Å². The minimum Gasteiger partial charge on any atom is -0.378 e. The standard InChI is InChI=1S/C17H29NO2.H2/c1-16(2)18-11-13-20-15-14-19-12-9-7-6-8-10-17(3,4)5;/h16,18H,10-15H2,1-5H3;1H. The highest BCUT2D eigenvalue weighted by Gasteiger charge is 2.06. The fourth-order valence-electron chi connectivity index (χ4n) is 1.20. The van der Waals surface area contributed by atoms with Crippen molar-refractivity contribution in [3.8, 4) is 23.7 Å². The average Bonchev–Trinajstić information content (AvgIpc) is 2.33. The summed E-state index contributed by atoms with van der Waals surface area (Å²) in [5, 5.41) is 3.28. The second-order valence-electron chi connectivity index (χ2n) is 6.11. The van der Waals surface area contributed by atoms with Gasteiger partial charge in [0, 0.05) is 20.4 Å². The summed E-state index contributed by atoms with van der Waals surface area (Å²) in [4.78, 5) is 0. The van der Waals surface area contributed by atoms with Crippen molar-refractivity contribution < 1.29 is 10.9 Å². The van der Waals surface area contributed by atoms with Gasteiger partial charge in [0.1, 0.15) is 6.61 Å². The fourth-order valence-corrected chi connectivity index (χ4v) is 1.20. The third-order valence-corrected chi connectivity index (χ3v) is 2.20. The van der Waals surface area contributed by atoms with Crippen LogP contribution >= 0.6 is 0 Å². The van der Waals surface area contributed by atoms with E-state index in [1.54, 1.807) is 0 Å². The number of nitrogens with one attached hydrogen (secondary N) is 1. The zero-order valence-electron chi connectivity index (χ0n) is 13.6. The van der Waals surface area contributed by atoms with Crippen molar-refractivity contribution in [2.24, 2.45) is 5.41 Å². The van der Waals surface area contributed by atoms with Crippen LogP contribution in [0, 0.1) is 29.1 Å². The average molecular weight is 281 g/mol. The van der Waals surface area contributed by atoms with Crippen molar-refractivity contribution in [3.63, 3.8) is 0 Å². The van der Waals surface area contributed by atoms with E-state index in [1.165, 1.54) is 0 Å². The third-order valence-electron chi connectivity index (χ3n) is 2.20. The first-order chi connectivity index (χ1) is 9.42. The first-order valence-electron chi connectivity index (χ1n) is 7.26. The van der Waals surface area contributed by atoms with Gasteiger partial charge in [0.25, 0.3) is 0 Å². The van der Waals surface area contributed by atoms with E-state index >= 15 is 0 Å². The van der Waals surface area contributed by atoms with Crippen LogP contribution in [0.15, 0.2) is 0 Å². The molecule has 1 N–H and O–H groups in total. The predicted octanol–water partition coefficient (Wildman–Crippen LogP) is 2.71. The molecule has 3 nitrogen and oxygen atoms in total. The Morgan fingerprint density at radius 2 is 1.65 bits per heavy atom. The van der Waals surface area contributed by atoms with E-state index < -0.39 is 0 Å². The van der Waals surface area contributed by atoms with E-state index in [1.807, 2.05) is 0 Å². The Kier molecular flexibility index (Phi) is 11.2. The maximum Gasteiger partial charge on any atom is 0.108 e. The van der Waals surface area contributed by atoms with Crippen LogP contribution in [0.3, 0.4) is 0 Å². The summed E-state index contributed by atoms with van der Waals surface area (Å²) in [6.45, 7) is 13.9. The molecule has 0 heterocycles. The number of hydrogen-bond acceptors (Lipinski definition) is 3. The van der Waals surface area contributed by atoms with E-state index in [2.05, 4.69) is 63.6 Å². The van der Waals surface area contributed by atoms with Crippen LogP contribution < -0.4 is 5.32 Å². The maximum atomic E-state index is 5.40. The molecule has 0 rings (SSSR count). The van der Waals surface area contributed by atoms with Gasteiger partial charge in [0.15, 0.2) is 0 Å². The van der Waals surface area contributed by atoms with E-state index in [-0.39, 0.29) is 6.84 Å². The molecular weight excluding hydrogens is 250 g/mol. The topological polar surface area (TPSA) is 30.5 Å². The molecular formula is C17H31NO2. The summed E-state index contributed by atoms with van der Waals surface area (Å²) in [5.41, 5.74) is 0.243. The number of hydrogen-bond donors (Lipinski definition) is 1. The summed E-state index contributed by atoms with van der Waals surface area (Å²) < 4.78 is 10.7. The molecule has 116 valence electrons. The Bertz CT molecular complexity index is 353. The molecule has 0 unspecified atom stereocenters. The molecule has 0 bridgehead atoms. The second-order valence-corrected chi connectivity index (χ2v) is 6.11. The smallest absolute Gasteiger partial charge is 0.108 e. The summed E-state index contributed by atoms with van der Waals surface area (Å²) in [6, 6.07) is 0.504. The monoisotopic (exact) mass is 281 g/mol. The molecule has 0 fully saturated rings. The summed E-state index contributed by atoms with van der Waals surface area (Å²) in [5.74, 6) is 11.6. The number of rotatable bonds is 8. The Balaban J connectivity index is 0. The van der Waals surface area contributed by atoms with Gasteiger partial charge in [-0.1, -0.05) is 46.5 Å². The van der Waals surface area contributed by atoms with Crippen LogP contribution in [-0.2, 0) is 9.47 Å². The van der Waals surface area contributed by atoms with Gasteiger partial charge in [-0.2, -0.15) is 0 Å². The minimum absolute atomic E-state index is 0. The van der Waals surface area contributed by atoms with Crippen molar-refractivity contribution in [2.75, 3.05) is 33.0 Å². The molecule has 0 aliphatic carbocycles. The molecule has 0 aliphatic rings. The molecule has 0 radical (unpaired) electrons. The van der Waals surface area contributed by atoms with Gasteiger partial charge in [0.2, 0.25) is 0 Å². The number of ether oxygens (including phenoxy) is 2. The summed E-state index contributed by atoms with van der Waals surface area (Å²) in [7, 11) is 0. The largest absolute Gasteiger partial charge is 0.378 e. The Hall–Kier alpha value is -1.000. The van der Waals surface area contributed by atoms with Gasteiger partial charge < -0.3 is 14.8 Å². The highest BCUT2D eigenvalue weighted by molar-refractivity contribution is 5.26. The lowest BCUT2D eigenvalue weighted by Crippen LogP contribution is -2.27. The highest BCUT2D eigenvalue weighted by Crippen LogP contribution is 2.16. The SMILES string of the molecule is CC(C)NCCOCCOCC#CC#CCC(C)(C)C.[HH]. The van der Waals surface area contributed by atoms with Crippen molar-refractivity contribution in [1.82, 2.24) is 5.32 Å². The molecule has 0 amide bonds. The third kappa shape index (κ3) is 17.0. The molecule has 0 atom stereocenters. The molecule has 0 saturated heterocycles. The zero-order chi connectivity index (χ0) is 15.3. The Labute approximate surface area is 126 Å². The highest BCUT2D eigenvalue weighted by atomic mass is 16.5. The molecule has 0 saturated carbocycles. The van der Waals surface area contributed by atoms with Crippen LogP contribution in [0.1, 0.15) is 42.5 Å². The van der Waals surface area contributed by atoms with Crippen LogP contribution in [0.25, 0.3) is 0 Å². The van der Waals surface area contributed by atoms with Crippen LogP contribution in [0.2, 0.25) is 0 Å². The van der Waals surface area contributed by atoms with E-state index in [0.717, 1.165) is 13.0 Å². The molecule has 20 heavy (non-hydrogen) atoms. The molecule has 0 aromatic heterocycles. The maximum absolute atomic E-state index is 5.40. The Morgan fingerprint density at radius 3 is 2.30 bits per heavy atom. The van der Waals surface area contributed by atoms with Gasteiger partial charge in [0.05, 0.1) is 19.8 Å². The van der Waals surface area contributed by atoms with Crippen molar-refractivity contribution in [1.29, 1.82) is 0 Å². The lowest BCUT2D eigenvalue weighted by Gasteiger charge is -2.12. The van der Waals surface area contributed by atoms with Crippen LogP contribution in [-0.4, -0.2) is 39.0 Å². The first-order valence-corrected chi connectivity index (χ1v) is 7.26. The van der Waals surface area contributed by atoms with Crippen LogP contribution in [0.5, 0.6) is 0 Å². The van der Waals surface area contributed by atoms with Gasteiger partial charge >= 0.3 is 0 Å². The molecule has 0 aromatic carbocycles. The second kappa shape index (κ2) is 11.8. The van der Waals surface area contributed by atoms with Crippen molar-refractivity contribution in [3.05, 3.63) is 0 Å². The molecule has 3 heteroatoms. The Morgan fingerprint density at radius 1 is 1.00 bits per heavy atom. The lowest BCUT2D eigenvalue weighted by atomic mass is 9.93. The minimum atomic E-state index is 0. The zero-order valence-corrected chi connectivity index (χ0v) is 13.6. The fraction of sp³-hybridized carbons (Fsp3) is 0.765. The van der Waals surface area contributed by atoms with Gasteiger partial charge in [-0.05, 0) is 17.3 Å². The normalized spacial score (nSPS) is 10.7. The quantitative estimate of drug-likeness (QED) is 0.548. The first kappa shape index (κ1) is 19.0. The van der Waals surface area contributed by atoms with Gasteiger partial charge in [-0.3, -0.25) is 0 Å². The van der Waals surface area contributed by atoms with E-state index in [4.69, 9.17) is 9.47 Å². The molecule has 0 aliphatic heterocycles. The van der Waals surface area contributed by atoms with Gasteiger partial charge in [-0.15, -0.1) is 0 Å².